The van der Waals surface area contributed by atoms with E-state index in [4.69, 9.17) is 9.47 Å². The van der Waals surface area contributed by atoms with Crippen molar-refractivity contribution in [3.63, 3.8) is 0 Å². The molecule has 0 saturated carbocycles. The quantitative estimate of drug-likeness (QED) is 0.649. The molecule has 0 spiro atoms. The van der Waals surface area contributed by atoms with Crippen molar-refractivity contribution in [1.82, 2.24) is 9.47 Å². The molecule has 2 aromatic carbocycles. The van der Waals surface area contributed by atoms with Gasteiger partial charge in [0.15, 0.2) is 0 Å². The van der Waals surface area contributed by atoms with Crippen LogP contribution in [0.25, 0.3) is 10.9 Å². The number of hydrogen-bond acceptors (Lipinski definition) is 3. The van der Waals surface area contributed by atoms with E-state index in [1.165, 1.54) is 5.56 Å². The zero-order valence-corrected chi connectivity index (χ0v) is 17.4. The molecule has 0 unspecified atom stereocenters. The highest BCUT2D eigenvalue weighted by Gasteiger charge is 2.24. The lowest BCUT2D eigenvalue weighted by atomic mass is 10.1. The second-order valence-corrected chi connectivity index (χ2v) is 7.84. The summed E-state index contributed by atoms with van der Waals surface area (Å²) in [7, 11) is 1.66. The minimum absolute atomic E-state index is 0.156. The minimum atomic E-state index is 0.156. The lowest BCUT2D eigenvalue weighted by molar-refractivity contribution is -0.133. The van der Waals surface area contributed by atoms with E-state index in [0.717, 1.165) is 53.9 Å². The molecule has 0 radical (unpaired) electrons. The summed E-state index contributed by atoms with van der Waals surface area (Å²) in [5, 5.41) is 1.08. The highest BCUT2D eigenvalue weighted by atomic mass is 16.5. The van der Waals surface area contributed by atoms with Gasteiger partial charge in [-0.1, -0.05) is 12.1 Å². The van der Waals surface area contributed by atoms with E-state index in [-0.39, 0.29) is 12.0 Å². The highest BCUT2D eigenvalue weighted by Crippen LogP contribution is 2.25. The molecule has 4 rings (SSSR count). The maximum absolute atomic E-state index is 12.8. The number of aryl methyl sites for hydroxylation is 2. The van der Waals surface area contributed by atoms with Crippen LogP contribution in [0.15, 0.2) is 48.7 Å². The van der Waals surface area contributed by atoms with Crippen LogP contribution in [0, 0.1) is 13.8 Å². The van der Waals surface area contributed by atoms with Crippen molar-refractivity contribution in [3.8, 4) is 11.5 Å². The number of nitrogens with zero attached hydrogens (tertiary/aromatic N) is 2. The fourth-order valence-corrected chi connectivity index (χ4v) is 3.93. The van der Waals surface area contributed by atoms with Gasteiger partial charge in [-0.15, -0.1) is 0 Å². The topological polar surface area (TPSA) is 43.7 Å². The van der Waals surface area contributed by atoms with Gasteiger partial charge in [-0.3, -0.25) is 4.79 Å². The number of likely N-dealkylation sites (tertiary alicyclic amines) is 1. The van der Waals surface area contributed by atoms with Gasteiger partial charge in [0.1, 0.15) is 24.1 Å². The Balaban J connectivity index is 1.35. The first kappa shape index (κ1) is 19.4. The van der Waals surface area contributed by atoms with Gasteiger partial charge in [-0.05, 0) is 55.3 Å². The third-order valence-electron chi connectivity index (χ3n) is 5.72. The van der Waals surface area contributed by atoms with Crippen LogP contribution >= 0.6 is 0 Å². The van der Waals surface area contributed by atoms with Gasteiger partial charge < -0.3 is 18.9 Å². The van der Waals surface area contributed by atoms with E-state index in [1.54, 1.807) is 7.11 Å². The molecule has 5 heteroatoms. The van der Waals surface area contributed by atoms with Crippen molar-refractivity contribution in [2.75, 3.05) is 20.2 Å². The van der Waals surface area contributed by atoms with E-state index in [0.29, 0.717) is 6.54 Å². The number of piperidine rings is 1. The summed E-state index contributed by atoms with van der Waals surface area (Å²) < 4.78 is 13.5. The zero-order valence-electron chi connectivity index (χ0n) is 17.4. The molecule has 1 aromatic heterocycles. The summed E-state index contributed by atoms with van der Waals surface area (Å²) >= 11 is 0. The van der Waals surface area contributed by atoms with Crippen LogP contribution in [-0.4, -0.2) is 41.7 Å². The molecule has 1 amide bonds. The number of carbonyl (C=O) groups is 1. The molecule has 0 N–H and O–H groups in total. The first-order chi connectivity index (χ1) is 14.0. The van der Waals surface area contributed by atoms with Crippen LogP contribution in [0.1, 0.15) is 24.0 Å². The first-order valence-electron chi connectivity index (χ1n) is 10.2. The summed E-state index contributed by atoms with van der Waals surface area (Å²) in [6.45, 7) is 5.99. The Morgan fingerprint density at radius 2 is 1.86 bits per heavy atom. The molecule has 29 heavy (non-hydrogen) atoms. The maximum Gasteiger partial charge on any atom is 0.242 e. The summed E-state index contributed by atoms with van der Waals surface area (Å²) in [4.78, 5) is 14.8. The van der Waals surface area contributed by atoms with E-state index < -0.39 is 0 Å². The summed E-state index contributed by atoms with van der Waals surface area (Å²) in [6, 6.07) is 14.2. The number of fused-ring (bicyclic) bond motifs is 1. The second kappa shape index (κ2) is 8.19. The predicted molar refractivity (Wildman–Crippen MR) is 115 cm³/mol. The Morgan fingerprint density at radius 1 is 1.07 bits per heavy atom. The van der Waals surface area contributed by atoms with Crippen LogP contribution in [0.3, 0.4) is 0 Å². The van der Waals surface area contributed by atoms with E-state index in [1.807, 2.05) is 39.9 Å². The van der Waals surface area contributed by atoms with Crippen molar-refractivity contribution in [1.29, 1.82) is 0 Å². The highest BCUT2D eigenvalue weighted by molar-refractivity contribution is 5.84. The molecule has 3 aromatic rings. The summed E-state index contributed by atoms with van der Waals surface area (Å²) in [5.41, 5.74) is 3.41. The lowest BCUT2D eigenvalue weighted by Crippen LogP contribution is -2.43. The molecule has 5 nitrogen and oxygen atoms in total. The molecule has 0 aliphatic carbocycles. The number of hydrogen-bond donors (Lipinski definition) is 0. The SMILES string of the molecule is COc1ccc2c(ccn2CC(=O)N2CCC(Oc3cc(C)ccc3C)CC2)c1. The number of ether oxygens (including phenoxy) is 2. The monoisotopic (exact) mass is 392 g/mol. The Morgan fingerprint density at radius 3 is 2.62 bits per heavy atom. The number of benzene rings is 2. The number of aromatic nitrogens is 1. The largest absolute Gasteiger partial charge is 0.497 e. The van der Waals surface area contributed by atoms with E-state index in [9.17, 15) is 4.79 Å². The maximum atomic E-state index is 12.8. The molecule has 1 saturated heterocycles. The molecule has 1 aliphatic rings. The number of methoxy groups -OCH3 is 1. The van der Waals surface area contributed by atoms with Gasteiger partial charge >= 0.3 is 0 Å². The summed E-state index contributed by atoms with van der Waals surface area (Å²) in [5.74, 6) is 1.94. The number of amides is 1. The molecule has 1 fully saturated rings. The lowest BCUT2D eigenvalue weighted by Gasteiger charge is -2.32. The van der Waals surface area contributed by atoms with Crippen molar-refractivity contribution < 1.29 is 14.3 Å². The Hall–Kier alpha value is -2.95. The fourth-order valence-electron chi connectivity index (χ4n) is 3.93. The third kappa shape index (κ3) is 4.24. The van der Waals surface area contributed by atoms with E-state index >= 15 is 0 Å². The molecule has 1 aliphatic heterocycles. The Kier molecular flexibility index (Phi) is 5.47. The number of carbonyl (C=O) groups excluding carboxylic acids is 1. The van der Waals surface area contributed by atoms with Crippen LogP contribution in [0.4, 0.5) is 0 Å². The van der Waals surface area contributed by atoms with Gasteiger partial charge in [0.25, 0.3) is 0 Å². The first-order valence-corrected chi connectivity index (χ1v) is 10.2. The molecule has 2 heterocycles. The van der Waals surface area contributed by atoms with Crippen LogP contribution in [0.2, 0.25) is 0 Å². The standard InChI is InChI=1S/C24H28N2O3/c1-17-4-5-18(2)23(14-17)29-20-9-12-25(13-10-20)24(27)16-26-11-8-19-15-21(28-3)6-7-22(19)26/h4-8,11,14-15,20H,9-10,12-13,16H2,1-3H3. The van der Waals surface area contributed by atoms with Gasteiger partial charge in [-0.2, -0.15) is 0 Å². The molecular formula is C24H28N2O3. The second-order valence-electron chi connectivity index (χ2n) is 7.84. The average Bonchev–Trinajstić information content (AvgIpc) is 3.13. The van der Waals surface area contributed by atoms with Crippen molar-refractivity contribution in [3.05, 3.63) is 59.8 Å². The number of rotatable bonds is 5. The van der Waals surface area contributed by atoms with Gasteiger partial charge in [0.05, 0.1) is 7.11 Å². The van der Waals surface area contributed by atoms with Crippen LogP contribution in [-0.2, 0) is 11.3 Å². The summed E-state index contributed by atoms with van der Waals surface area (Å²) in [6.07, 6.45) is 3.86. The van der Waals surface area contributed by atoms with Gasteiger partial charge in [0, 0.05) is 43.0 Å². The van der Waals surface area contributed by atoms with Gasteiger partial charge in [0.2, 0.25) is 5.91 Å². The van der Waals surface area contributed by atoms with Crippen molar-refractivity contribution >= 4 is 16.8 Å². The predicted octanol–water partition coefficient (Wildman–Crippen LogP) is 4.34. The smallest absolute Gasteiger partial charge is 0.242 e. The van der Waals surface area contributed by atoms with Crippen LogP contribution < -0.4 is 9.47 Å². The van der Waals surface area contributed by atoms with Gasteiger partial charge in [-0.25, -0.2) is 0 Å². The molecule has 0 bridgehead atoms. The van der Waals surface area contributed by atoms with Crippen molar-refractivity contribution in [2.24, 2.45) is 0 Å². The molecular weight excluding hydrogens is 364 g/mol. The molecule has 0 atom stereocenters. The van der Waals surface area contributed by atoms with Crippen molar-refractivity contribution in [2.45, 2.75) is 39.3 Å². The fraction of sp³-hybridized carbons (Fsp3) is 0.375. The average molecular weight is 392 g/mol. The normalized spacial score (nSPS) is 14.9. The molecule has 152 valence electrons. The zero-order chi connectivity index (χ0) is 20.4. The van der Waals surface area contributed by atoms with E-state index in [2.05, 4.69) is 32.0 Å². The minimum Gasteiger partial charge on any atom is -0.497 e. The Bertz CT molecular complexity index is 1020. The third-order valence-corrected chi connectivity index (χ3v) is 5.72. The van der Waals surface area contributed by atoms with Crippen LogP contribution in [0.5, 0.6) is 11.5 Å². The Labute approximate surface area is 171 Å².